The molecule has 0 radical (unpaired) electrons. The summed E-state index contributed by atoms with van der Waals surface area (Å²) in [7, 11) is 0. The summed E-state index contributed by atoms with van der Waals surface area (Å²) < 4.78 is 6.16. The summed E-state index contributed by atoms with van der Waals surface area (Å²) in [5.41, 5.74) is 7.69. The lowest BCUT2D eigenvalue weighted by molar-refractivity contribution is 0.431. The molecule has 0 aliphatic carbocycles. The first kappa shape index (κ1) is 11.9. The van der Waals surface area contributed by atoms with Gasteiger partial charge < -0.3 is 10.3 Å². The Bertz CT molecular complexity index is 726. The predicted octanol–water partition coefficient (Wildman–Crippen LogP) is 3.14. The number of nitrogens with two attached hydrogens (primary N) is 1. The van der Waals surface area contributed by atoms with Gasteiger partial charge in [0.2, 0.25) is 5.82 Å². The summed E-state index contributed by atoms with van der Waals surface area (Å²) in [5, 5.41) is 3.94. The maximum Gasteiger partial charge on any atom is 0.278 e. The Labute approximate surface area is 117 Å². The molecule has 6 heteroatoms. The monoisotopic (exact) mass is 316 g/mol. The molecule has 0 spiro atoms. The van der Waals surface area contributed by atoms with Gasteiger partial charge in [-0.25, -0.2) is 4.98 Å². The number of anilines is 1. The molecule has 0 amide bonds. The van der Waals surface area contributed by atoms with Crippen molar-refractivity contribution in [3.63, 3.8) is 0 Å². The van der Waals surface area contributed by atoms with Crippen LogP contribution in [0.3, 0.4) is 0 Å². The number of hydrogen-bond acceptors (Lipinski definition) is 5. The molecule has 2 N–H and O–H groups in total. The van der Waals surface area contributed by atoms with Crippen LogP contribution >= 0.6 is 15.9 Å². The van der Waals surface area contributed by atoms with Gasteiger partial charge in [-0.05, 0) is 24.3 Å². The molecule has 3 aromatic rings. The third-order valence-corrected chi connectivity index (χ3v) is 3.04. The minimum atomic E-state index is 0.313. The molecule has 5 nitrogen and oxygen atoms in total. The molecule has 2 aromatic heterocycles. The van der Waals surface area contributed by atoms with Gasteiger partial charge in [-0.15, -0.1) is 0 Å². The second-order valence-electron chi connectivity index (χ2n) is 3.87. The molecule has 3 rings (SSSR count). The van der Waals surface area contributed by atoms with Crippen molar-refractivity contribution >= 4 is 21.6 Å². The van der Waals surface area contributed by atoms with Gasteiger partial charge >= 0.3 is 0 Å². The van der Waals surface area contributed by atoms with Crippen LogP contribution in [0.25, 0.3) is 23.0 Å². The molecule has 0 saturated heterocycles. The molecule has 0 fully saturated rings. The van der Waals surface area contributed by atoms with Crippen LogP contribution in [0.1, 0.15) is 0 Å². The molecular formula is C13H9BrN4O. The number of nitrogen functional groups attached to an aromatic ring is 1. The fourth-order valence-electron chi connectivity index (χ4n) is 1.66. The number of benzene rings is 1. The van der Waals surface area contributed by atoms with Crippen molar-refractivity contribution in [1.82, 2.24) is 15.1 Å². The van der Waals surface area contributed by atoms with E-state index in [0.29, 0.717) is 23.1 Å². The summed E-state index contributed by atoms with van der Waals surface area (Å²) in [4.78, 5) is 8.45. The highest BCUT2D eigenvalue weighted by atomic mass is 79.9. The fourth-order valence-corrected chi connectivity index (χ4v) is 2.06. The van der Waals surface area contributed by atoms with E-state index >= 15 is 0 Å². The van der Waals surface area contributed by atoms with Gasteiger partial charge in [0.15, 0.2) is 5.69 Å². The number of aromatic nitrogens is 3. The molecular weight excluding hydrogens is 308 g/mol. The predicted molar refractivity (Wildman–Crippen MR) is 75.1 cm³/mol. The standard InChI is InChI=1S/C13H9BrN4O/c14-9-4-1-3-8(7-9)12-17-13(19-18-12)11-10(15)5-2-6-16-11/h1-7H,15H2. The van der Waals surface area contributed by atoms with Crippen molar-refractivity contribution in [3.8, 4) is 23.0 Å². The summed E-state index contributed by atoms with van der Waals surface area (Å²) >= 11 is 3.40. The zero-order valence-corrected chi connectivity index (χ0v) is 11.3. The molecule has 2 heterocycles. The van der Waals surface area contributed by atoms with Crippen molar-refractivity contribution in [3.05, 3.63) is 47.1 Å². The van der Waals surface area contributed by atoms with E-state index in [0.717, 1.165) is 10.0 Å². The van der Waals surface area contributed by atoms with Gasteiger partial charge in [0.25, 0.3) is 5.89 Å². The van der Waals surface area contributed by atoms with Crippen molar-refractivity contribution in [2.24, 2.45) is 0 Å². The first-order valence-electron chi connectivity index (χ1n) is 5.54. The van der Waals surface area contributed by atoms with Crippen molar-refractivity contribution in [2.75, 3.05) is 5.73 Å². The van der Waals surface area contributed by atoms with Crippen LogP contribution < -0.4 is 5.73 Å². The second kappa shape index (κ2) is 4.81. The Morgan fingerprint density at radius 3 is 2.84 bits per heavy atom. The highest BCUT2D eigenvalue weighted by molar-refractivity contribution is 9.10. The smallest absolute Gasteiger partial charge is 0.278 e. The zero-order valence-electron chi connectivity index (χ0n) is 9.75. The largest absolute Gasteiger partial charge is 0.397 e. The summed E-state index contributed by atoms with van der Waals surface area (Å²) in [6, 6.07) is 11.2. The van der Waals surface area contributed by atoms with Gasteiger partial charge in [-0.2, -0.15) is 4.98 Å². The molecule has 0 aliphatic rings. The van der Waals surface area contributed by atoms with Gasteiger partial charge in [0.1, 0.15) is 0 Å². The minimum absolute atomic E-state index is 0.313. The number of hydrogen-bond donors (Lipinski definition) is 1. The maximum absolute atomic E-state index is 5.83. The quantitative estimate of drug-likeness (QED) is 0.785. The van der Waals surface area contributed by atoms with E-state index in [4.69, 9.17) is 10.3 Å². The molecule has 0 atom stereocenters. The molecule has 94 valence electrons. The van der Waals surface area contributed by atoms with Crippen LogP contribution in [0.15, 0.2) is 51.6 Å². The van der Waals surface area contributed by atoms with Crippen molar-refractivity contribution in [2.45, 2.75) is 0 Å². The average molecular weight is 317 g/mol. The van der Waals surface area contributed by atoms with Gasteiger partial charge in [-0.1, -0.05) is 33.2 Å². The van der Waals surface area contributed by atoms with Crippen LogP contribution in [0.2, 0.25) is 0 Å². The van der Waals surface area contributed by atoms with Crippen LogP contribution in [-0.2, 0) is 0 Å². The first-order valence-corrected chi connectivity index (χ1v) is 6.34. The third kappa shape index (κ3) is 2.34. The van der Waals surface area contributed by atoms with E-state index in [1.54, 1.807) is 18.3 Å². The van der Waals surface area contributed by atoms with Crippen LogP contribution in [0, 0.1) is 0 Å². The Hall–Kier alpha value is -2.21. The van der Waals surface area contributed by atoms with E-state index in [1.165, 1.54) is 0 Å². The number of rotatable bonds is 2. The van der Waals surface area contributed by atoms with Gasteiger partial charge in [0.05, 0.1) is 5.69 Å². The zero-order chi connectivity index (χ0) is 13.2. The Balaban J connectivity index is 2.03. The molecule has 0 unspecified atom stereocenters. The highest BCUT2D eigenvalue weighted by Crippen LogP contribution is 2.25. The van der Waals surface area contributed by atoms with Crippen LogP contribution in [-0.4, -0.2) is 15.1 Å². The molecule has 19 heavy (non-hydrogen) atoms. The molecule has 0 saturated carbocycles. The Morgan fingerprint density at radius 2 is 2.05 bits per heavy atom. The third-order valence-electron chi connectivity index (χ3n) is 2.55. The lowest BCUT2D eigenvalue weighted by atomic mass is 10.2. The first-order chi connectivity index (χ1) is 9.24. The minimum Gasteiger partial charge on any atom is -0.397 e. The Morgan fingerprint density at radius 1 is 1.16 bits per heavy atom. The van der Waals surface area contributed by atoms with Crippen molar-refractivity contribution in [1.29, 1.82) is 0 Å². The normalized spacial score (nSPS) is 10.6. The van der Waals surface area contributed by atoms with E-state index < -0.39 is 0 Å². The lowest BCUT2D eigenvalue weighted by Crippen LogP contribution is -1.92. The lowest BCUT2D eigenvalue weighted by Gasteiger charge is -1.97. The Kier molecular flexibility index (Phi) is 3.00. The van der Waals surface area contributed by atoms with E-state index in [2.05, 4.69) is 31.1 Å². The summed E-state index contributed by atoms with van der Waals surface area (Å²) in [6.45, 7) is 0. The van der Waals surface area contributed by atoms with Gasteiger partial charge in [0, 0.05) is 16.2 Å². The van der Waals surface area contributed by atoms with E-state index in [9.17, 15) is 0 Å². The topological polar surface area (TPSA) is 77.8 Å². The number of pyridine rings is 1. The SMILES string of the molecule is Nc1cccnc1-c1nc(-c2cccc(Br)c2)no1. The van der Waals surface area contributed by atoms with E-state index in [1.807, 2.05) is 24.3 Å². The second-order valence-corrected chi connectivity index (χ2v) is 4.79. The summed E-state index contributed by atoms with van der Waals surface area (Å²) in [5.74, 6) is 0.814. The average Bonchev–Trinajstić information content (AvgIpc) is 2.89. The van der Waals surface area contributed by atoms with Crippen LogP contribution in [0.4, 0.5) is 5.69 Å². The molecule has 0 bridgehead atoms. The maximum atomic E-state index is 5.83. The summed E-state index contributed by atoms with van der Waals surface area (Å²) in [6.07, 6.45) is 1.63. The molecule has 1 aromatic carbocycles. The fraction of sp³-hybridized carbons (Fsp3) is 0. The number of halogens is 1. The van der Waals surface area contributed by atoms with E-state index in [-0.39, 0.29) is 0 Å². The molecule has 0 aliphatic heterocycles. The van der Waals surface area contributed by atoms with Crippen molar-refractivity contribution < 1.29 is 4.52 Å². The highest BCUT2D eigenvalue weighted by Gasteiger charge is 2.13. The van der Waals surface area contributed by atoms with Gasteiger partial charge in [-0.3, -0.25) is 0 Å². The van der Waals surface area contributed by atoms with Crippen LogP contribution in [0.5, 0.6) is 0 Å². The number of nitrogens with zero attached hydrogens (tertiary/aromatic N) is 3.